The van der Waals surface area contributed by atoms with Gasteiger partial charge in [-0.05, 0) is 55.3 Å². The number of nitrogens with one attached hydrogen (secondary N) is 1. The predicted octanol–water partition coefficient (Wildman–Crippen LogP) is 4.55. The third-order valence-corrected chi connectivity index (χ3v) is 4.70. The number of hydrogen-bond acceptors (Lipinski definition) is 5. The Balaban J connectivity index is 1.71. The highest BCUT2D eigenvalue weighted by atomic mass is 16.5. The summed E-state index contributed by atoms with van der Waals surface area (Å²) >= 11 is 0. The van der Waals surface area contributed by atoms with Crippen molar-refractivity contribution in [2.75, 3.05) is 11.9 Å². The van der Waals surface area contributed by atoms with Crippen LogP contribution in [0.25, 0.3) is 21.9 Å². The van der Waals surface area contributed by atoms with E-state index < -0.39 is 5.91 Å². The molecule has 0 aliphatic heterocycles. The minimum absolute atomic E-state index is 0.0438. The van der Waals surface area contributed by atoms with Gasteiger partial charge in [0.15, 0.2) is 11.2 Å². The Morgan fingerprint density at radius 3 is 2.76 bits per heavy atom. The number of pyridine rings is 1. The number of carbonyl (C=O) groups is 1. The summed E-state index contributed by atoms with van der Waals surface area (Å²) in [6.45, 7) is 4.43. The number of aromatic nitrogens is 1. The Morgan fingerprint density at radius 1 is 1.10 bits per heavy atom. The Bertz CT molecular complexity index is 1280. The van der Waals surface area contributed by atoms with E-state index in [1.54, 1.807) is 36.5 Å². The van der Waals surface area contributed by atoms with Gasteiger partial charge >= 0.3 is 0 Å². The van der Waals surface area contributed by atoms with Crippen molar-refractivity contribution in [1.29, 1.82) is 0 Å². The zero-order valence-corrected chi connectivity index (χ0v) is 16.2. The van der Waals surface area contributed by atoms with Gasteiger partial charge in [0.1, 0.15) is 16.8 Å². The van der Waals surface area contributed by atoms with Crippen molar-refractivity contribution in [2.24, 2.45) is 0 Å². The summed E-state index contributed by atoms with van der Waals surface area (Å²) in [7, 11) is 0. The Hall–Kier alpha value is -3.67. The van der Waals surface area contributed by atoms with Crippen molar-refractivity contribution in [3.8, 4) is 5.75 Å². The molecule has 4 rings (SSSR count). The van der Waals surface area contributed by atoms with Gasteiger partial charge in [-0.15, -0.1) is 0 Å². The van der Waals surface area contributed by atoms with Crippen LogP contribution >= 0.6 is 0 Å². The summed E-state index contributed by atoms with van der Waals surface area (Å²) in [5.41, 5.74) is 2.39. The molecular formula is C23H20N2O4. The second-order valence-corrected chi connectivity index (χ2v) is 6.56. The van der Waals surface area contributed by atoms with Gasteiger partial charge in [0.05, 0.1) is 17.7 Å². The van der Waals surface area contributed by atoms with E-state index in [4.69, 9.17) is 9.15 Å². The minimum Gasteiger partial charge on any atom is -0.492 e. The molecule has 0 saturated heterocycles. The van der Waals surface area contributed by atoms with Gasteiger partial charge in [-0.1, -0.05) is 13.0 Å². The van der Waals surface area contributed by atoms with Gasteiger partial charge in [0.25, 0.3) is 5.91 Å². The van der Waals surface area contributed by atoms with Crippen LogP contribution in [0.1, 0.15) is 30.0 Å². The molecule has 0 spiro atoms. The van der Waals surface area contributed by atoms with Gasteiger partial charge in [-0.2, -0.15) is 0 Å². The number of carbonyl (C=O) groups excluding carboxylic acids is 1. The predicted molar refractivity (Wildman–Crippen MR) is 113 cm³/mol. The fourth-order valence-corrected chi connectivity index (χ4v) is 3.25. The van der Waals surface area contributed by atoms with Crippen LogP contribution in [0.15, 0.2) is 63.9 Å². The van der Waals surface area contributed by atoms with Crippen molar-refractivity contribution in [3.05, 3.63) is 76.3 Å². The number of anilines is 1. The van der Waals surface area contributed by atoms with E-state index >= 15 is 0 Å². The van der Waals surface area contributed by atoms with Gasteiger partial charge in [0.2, 0.25) is 0 Å². The maximum Gasteiger partial charge on any atom is 0.291 e. The van der Waals surface area contributed by atoms with E-state index in [9.17, 15) is 9.59 Å². The number of rotatable bonds is 5. The summed E-state index contributed by atoms with van der Waals surface area (Å²) in [4.78, 5) is 29.6. The lowest BCUT2D eigenvalue weighted by molar-refractivity contribution is 0.0997. The topological polar surface area (TPSA) is 81.4 Å². The molecule has 0 unspecified atom stereocenters. The first-order valence-electron chi connectivity index (χ1n) is 9.49. The molecule has 4 aromatic rings. The maximum absolute atomic E-state index is 12.8. The molecule has 0 aliphatic rings. The zero-order chi connectivity index (χ0) is 20.4. The second-order valence-electron chi connectivity index (χ2n) is 6.56. The van der Waals surface area contributed by atoms with E-state index in [2.05, 4.69) is 10.3 Å². The number of aryl methyl sites for hydroxylation is 1. The average Bonchev–Trinajstić information content (AvgIpc) is 2.75. The van der Waals surface area contributed by atoms with Gasteiger partial charge in [-0.25, -0.2) is 0 Å². The van der Waals surface area contributed by atoms with Gasteiger partial charge in [0, 0.05) is 17.6 Å². The summed E-state index contributed by atoms with van der Waals surface area (Å²) in [5.74, 6) is 0.0978. The minimum atomic E-state index is -0.502. The molecule has 1 amide bonds. The first kappa shape index (κ1) is 18.7. The normalized spacial score (nSPS) is 11.0. The lowest BCUT2D eigenvalue weighted by Gasteiger charge is -2.12. The SMILES string of the molecule is CCOc1ccc(NC(=O)c2cc(=O)c3cc(CC)ccc3o2)c2cccnc12. The monoisotopic (exact) mass is 388 g/mol. The lowest BCUT2D eigenvalue weighted by Crippen LogP contribution is -2.15. The zero-order valence-electron chi connectivity index (χ0n) is 16.2. The van der Waals surface area contributed by atoms with Gasteiger partial charge in [-0.3, -0.25) is 14.6 Å². The molecule has 0 radical (unpaired) electrons. The highest BCUT2D eigenvalue weighted by molar-refractivity contribution is 6.08. The molecule has 6 nitrogen and oxygen atoms in total. The first-order chi connectivity index (χ1) is 14.1. The number of nitrogens with zero attached hydrogens (tertiary/aromatic N) is 1. The molecule has 0 atom stereocenters. The molecule has 0 bridgehead atoms. The van der Waals surface area contributed by atoms with Crippen molar-refractivity contribution in [2.45, 2.75) is 20.3 Å². The molecule has 2 heterocycles. The standard InChI is InChI=1S/C23H20N2O4/c1-3-14-7-9-19-16(12-14)18(26)13-21(29-19)23(27)25-17-8-10-20(28-4-2)22-15(17)6-5-11-24-22/h5-13H,3-4H2,1-2H3,(H,25,27). The van der Waals surface area contributed by atoms with Crippen LogP contribution in [-0.4, -0.2) is 17.5 Å². The third kappa shape index (κ3) is 3.57. The number of ether oxygens (including phenoxy) is 1. The highest BCUT2D eigenvalue weighted by Crippen LogP contribution is 2.30. The van der Waals surface area contributed by atoms with E-state index in [0.717, 1.165) is 17.4 Å². The molecule has 0 saturated carbocycles. The fraction of sp³-hybridized carbons (Fsp3) is 0.174. The molecule has 0 fully saturated rings. The van der Waals surface area contributed by atoms with Crippen LogP contribution in [0.3, 0.4) is 0 Å². The highest BCUT2D eigenvalue weighted by Gasteiger charge is 2.15. The number of amides is 1. The Morgan fingerprint density at radius 2 is 1.97 bits per heavy atom. The van der Waals surface area contributed by atoms with Gasteiger partial charge < -0.3 is 14.5 Å². The lowest BCUT2D eigenvalue weighted by atomic mass is 10.1. The average molecular weight is 388 g/mol. The largest absolute Gasteiger partial charge is 0.492 e. The molecular weight excluding hydrogens is 368 g/mol. The number of benzene rings is 2. The van der Waals surface area contributed by atoms with E-state index in [-0.39, 0.29) is 11.2 Å². The quantitative estimate of drug-likeness (QED) is 0.542. The van der Waals surface area contributed by atoms with Crippen molar-refractivity contribution in [3.63, 3.8) is 0 Å². The summed E-state index contributed by atoms with van der Waals surface area (Å²) in [5, 5.41) is 4.03. The molecule has 2 aromatic heterocycles. The molecule has 146 valence electrons. The van der Waals surface area contributed by atoms with Crippen molar-refractivity contribution < 1.29 is 13.9 Å². The van der Waals surface area contributed by atoms with Crippen LogP contribution in [0.5, 0.6) is 5.75 Å². The molecule has 6 heteroatoms. The van der Waals surface area contributed by atoms with Crippen LogP contribution in [0, 0.1) is 0 Å². The van der Waals surface area contributed by atoms with Crippen molar-refractivity contribution >= 4 is 33.5 Å². The fourth-order valence-electron chi connectivity index (χ4n) is 3.25. The molecule has 0 aliphatic carbocycles. The first-order valence-corrected chi connectivity index (χ1v) is 9.49. The summed E-state index contributed by atoms with van der Waals surface area (Å²) in [6.07, 6.45) is 2.49. The molecule has 29 heavy (non-hydrogen) atoms. The van der Waals surface area contributed by atoms with E-state index in [1.807, 2.05) is 26.0 Å². The van der Waals surface area contributed by atoms with E-state index in [1.165, 1.54) is 6.07 Å². The van der Waals surface area contributed by atoms with Crippen LogP contribution in [-0.2, 0) is 6.42 Å². The number of fused-ring (bicyclic) bond motifs is 2. The van der Waals surface area contributed by atoms with Crippen LogP contribution < -0.4 is 15.5 Å². The molecule has 1 N–H and O–H groups in total. The molecule has 2 aromatic carbocycles. The summed E-state index contributed by atoms with van der Waals surface area (Å²) in [6, 6.07) is 13.8. The summed E-state index contributed by atoms with van der Waals surface area (Å²) < 4.78 is 11.3. The smallest absolute Gasteiger partial charge is 0.291 e. The van der Waals surface area contributed by atoms with E-state index in [0.29, 0.717) is 34.5 Å². The van der Waals surface area contributed by atoms with Crippen molar-refractivity contribution in [1.82, 2.24) is 4.98 Å². The number of hydrogen-bond donors (Lipinski definition) is 1. The second kappa shape index (κ2) is 7.75. The Labute approximate surface area is 167 Å². The van der Waals surface area contributed by atoms with Crippen LogP contribution in [0.2, 0.25) is 0 Å². The Kier molecular flexibility index (Phi) is 4.99. The third-order valence-electron chi connectivity index (χ3n) is 4.70. The van der Waals surface area contributed by atoms with Crippen LogP contribution in [0.4, 0.5) is 5.69 Å². The maximum atomic E-state index is 12.8.